The van der Waals surface area contributed by atoms with Gasteiger partial charge in [-0.1, -0.05) is 6.92 Å². The quantitative estimate of drug-likeness (QED) is 0.880. The van der Waals surface area contributed by atoms with Crippen molar-refractivity contribution >= 4 is 17.2 Å². The Hall–Kier alpha value is -1.66. The number of amides is 1. The van der Waals surface area contributed by atoms with E-state index in [1.165, 1.54) is 11.3 Å². The van der Waals surface area contributed by atoms with Crippen molar-refractivity contribution in [1.82, 2.24) is 10.3 Å². The molecule has 2 atom stereocenters. The maximum Gasteiger partial charge on any atom is 0.270 e. The van der Waals surface area contributed by atoms with Crippen LogP contribution in [0.15, 0.2) is 28.4 Å². The molecule has 1 amide bonds. The molecule has 5 nitrogen and oxygen atoms in total. The normalized spacial score (nSPS) is 14.1. The van der Waals surface area contributed by atoms with E-state index in [1.54, 1.807) is 24.0 Å². The van der Waals surface area contributed by atoms with Crippen LogP contribution in [0.5, 0.6) is 0 Å². The zero-order chi connectivity index (χ0) is 13.8. The van der Waals surface area contributed by atoms with Gasteiger partial charge >= 0.3 is 0 Å². The summed E-state index contributed by atoms with van der Waals surface area (Å²) in [6, 6.07) is 1.70. The summed E-state index contributed by atoms with van der Waals surface area (Å²) in [5.41, 5.74) is 1.25. The van der Waals surface area contributed by atoms with Gasteiger partial charge in [0.2, 0.25) is 0 Å². The molecule has 2 heterocycles. The standard InChI is InChI=1S/C13H16N2O3S/c1-8(5-16)9(2)14-12(17)11-7-19-13(15-11)10-3-4-18-6-10/h3-4,6-9,16H,5H2,1-2H3,(H,14,17). The van der Waals surface area contributed by atoms with Crippen molar-refractivity contribution in [1.29, 1.82) is 0 Å². The number of nitrogens with zero attached hydrogens (tertiary/aromatic N) is 1. The van der Waals surface area contributed by atoms with Gasteiger partial charge in [0.25, 0.3) is 5.91 Å². The van der Waals surface area contributed by atoms with Crippen LogP contribution >= 0.6 is 11.3 Å². The third kappa shape index (κ3) is 3.21. The summed E-state index contributed by atoms with van der Waals surface area (Å²) in [6.07, 6.45) is 3.17. The molecular weight excluding hydrogens is 264 g/mol. The number of aliphatic hydroxyl groups excluding tert-OH is 1. The van der Waals surface area contributed by atoms with E-state index in [0.717, 1.165) is 10.6 Å². The van der Waals surface area contributed by atoms with Gasteiger partial charge in [-0.25, -0.2) is 4.98 Å². The molecule has 2 N–H and O–H groups in total. The Bertz CT molecular complexity index is 536. The Labute approximate surface area is 115 Å². The average Bonchev–Trinajstić information content (AvgIpc) is 3.07. The zero-order valence-corrected chi connectivity index (χ0v) is 11.6. The average molecular weight is 280 g/mol. The number of furan rings is 1. The summed E-state index contributed by atoms with van der Waals surface area (Å²) in [6.45, 7) is 3.78. The van der Waals surface area contributed by atoms with E-state index in [0.29, 0.717) is 5.69 Å². The molecule has 0 aromatic carbocycles. The van der Waals surface area contributed by atoms with Gasteiger partial charge in [-0.3, -0.25) is 4.79 Å². The second-order valence-corrected chi connectivity index (χ2v) is 5.33. The minimum Gasteiger partial charge on any atom is -0.472 e. The van der Waals surface area contributed by atoms with Crippen LogP contribution in [0.2, 0.25) is 0 Å². The number of carbonyl (C=O) groups excluding carboxylic acids is 1. The van der Waals surface area contributed by atoms with Crippen molar-refractivity contribution in [3.63, 3.8) is 0 Å². The topological polar surface area (TPSA) is 75.4 Å². The molecule has 2 aromatic rings. The molecule has 102 valence electrons. The number of rotatable bonds is 5. The van der Waals surface area contributed by atoms with E-state index in [-0.39, 0.29) is 24.5 Å². The van der Waals surface area contributed by atoms with Crippen molar-refractivity contribution in [2.24, 2.45) is 5.92 Å². The predicted octanol–water partition coefficient (Wildman–Crippen LogP) is 2.15. The van der Waals surface area contributed by atoms with Gasteiger partial charge in [-0.2, -0.15) is 0 Å². The van der Waals surface area contributed by atoms with Crippen LogP contribution in [0.25, 0.3) is 10.6 Å². The monoisotopic (exact) mass is 280 g/mol. The Kier molecular flexibility index (Phi) is 4.34. The minimum absolute atomic E-state index is 0.0101. The molecule has 0 fully saturated rings. The number of hydrogen-bond acceptors (Lipinski definition) is 5. The number of nitrogens with one attached hydrogen (secondary N) is 1. The summed E-state index contributed by atoms with van der Waals surface area (Å²) in [5, 5.41) is 14.3. The van der Waals surface area contributed by atoms with Crippen LogP contribution in [0.3, 0.4) is 0 Å². The molecule has 0 aliphatic heterocycles. The molecule has 2 unspecified atom stereocenters. The number of hydrogen-bond donors (Lipinski definition) is 2. The fraction of sp³-hybridized carbons (Fsp3) is 0.385. The SMILES string of the molecule is CC(CO)C(C)NC(=O)c1csc(-c2ccoc2)n1. The Morgan fingerprint density at radius 1 is 1.58 bits per heavy atom. The number of carbonyl (C=O) groups is 1. The summed E-state index contributed by atoms with van der Waals surface area (Å²) in [5.74, 6) is -0.213. The summed E-state index contributed by atoms with van der Waals surface area (Å²) >= 11 is 1.40. The van der Waals surface area contributed by atoms with Crippen molar-refractivity contribution in [3.05, 3.63) is 29.7 Å². The van der Waals surface area contributed by atoms with Crippen LogP contribution < -0.4 is 5.32 Å². The van der Waals surface area contributed by atoms with Gasteiger partial charge in [0.15, 0.2) is 0 Å². The zero-order valence-electron chi connectivity index (χ0n) is 10.8. The fourth-order valence-corrected chi connectivity index (χ4v) is 2.26. The highest BCUT2D eigenvalue weighted by molar-refractivity contribution is 7.13. The first-order chi connectivity index (χ1) is 9.11. The van der Waals surface area contributed by atoms with Crippen molar-refractivity contribution < 1.29 is 14.3 Å². The summed E-state index contributed by atoms with van der Waals surface area (Å²) < 4.78 is 4.99. The van der Waals surface area contributed by atoms with E-state index in [9.17, 15) is 4.79 Å². The number of thiazole rings is 1. The highest BCUT2D eigenvalue weighted by Crippen LogP contribution is 2.23. The van der Waals surface area contributed by atoms with Crippen molar-refractivity contribution in [2.45, 2.75) is 19.9 Å². The van der Waals surface area contributed by atoms with Crippen molar-refractivity contribution in [2.75, 3.05) is 6.61 Å². The van der Waals surface area contributed by atoms with Crippen LogP contribution in [-0.4, -0.2) is 28.6 Å². The van der Waals surface area contributed by atoms with E-state index in [4.69, 9.17) is 9.52 Å². The molecule has 0 radical (unpaired) electrons. The molecule has 0 aliphatic rings. The van der Waals surface area contributed by atoms with Gasteiger partial charge in [-0.15, -0.1) is 11.3 Å². The second-order valence-electron chi connectivity index (χ2n) is 4.47. The summed E-state index contributed by atoms with van der Waals surface area (Å²) in [7, 11) is 0. The van der Waals surface area contributed by atoms with Crippen LogP contribution in [0.1, 0.15) is 24.3 Å². The molecule has 19 heavy (non-hydrogen) atoms. The van der Waals surface area contributed by atoms with Gasteiger partial charge in [0.05, 0.1) is 6.26 Å². The lowest BCUT2D eigenvalue weighted by Gasteiger charge is -2.18. The predicted molar refractivity (Wildman–Crippen MR) is 73.0 cm³/mol. The number of aromatic nitrogens is 1. The lowest BCUT2D eigenvalue weighted by Crippen LogP contribution is -2.38. The molecule has 0 saturated carbocycles. The molecule has 0 spiro atoms. The third-order valence-electron chi connectivity index (χ3n) is 3.01. The molecule has 0 saturated heterocycles. The van der Waals surface area contributed by atoms with E-state index in [1.807, 2.05) is 13.8 Å². The van der Waals surface area contributed by atoms with Gasteiger partial charge in [0.1, 0.15) is 17.0 Å². The highest BCUT2D eigenvalue weighted by Gasteiger charge is 2.17. The first kappa shape index (κ1) is 13.8. The van der Waals surface area contributed by atoms with Gasteiger partial charge in [0, 0.05) is 23.6 Å². The van der Waals surface area contributed by atoms with Crippen LogP contribution in [0.4, 0.5) is 0 Å². The fourth-order valence-electron chi connectivity index (χ4n) is 1.48. The smallest absolute Gasteiger partial charge is 0.270 e. The molecule has 6 heteroatoms. The van der Waals surface area contributed by atoms with E-state index in [2.05, 4.69) is 10.3 Å². The van der Waals surface area contributed by atoms with E-state index < -0.39 is 0 Å². The Balaban J connectivity index is 2.04. The molecule has 0 bridgehead atoms. The lowest BCUT2D eigenvalue weighted by molar-refractivity contribution is 0.0912. The highest BCUT2D eigenvalue weighted by atomic mass is 32.1. The molecular formula is C13H16N2O3S. The van der Waals surface area contributed by atoms with Crippen LogP contribution in [0, 0.1) is 5.92 Å². The maximum absolute atomic E-state index is 12.0. The summed E-state index contributed by atoms with van der Waals surface area (Å²) in [4.78, 5) is 16.3. The number of aliphatic hydroxyl groups is 1. The van der Waals surface area contributed by atoms with Crippen LogP contribution in [-0.2, 0) is 0 Å². The largest absolute Gasteiger partial charge is 0.472 e. The second kappa shape index (κ2) is 5.99. The Morgan fingerprint density at radius 2 is 2.37 bits per heavy atom. The first-order valence-electron chi connectivity index (χ1n) is 6.01. The van der Waals surface area contributed by atoms with Gasteiger partial charge in [-0.05, 0) is 18.9 Å². The molecule has 2 rings (SSSR count). The lowest BCUT2D eigenvalue weighted by atomic mass is 10.1. The Morgan fingerprint density at radius 3 is 3.00 bits per heavy atom. The van der Waals surface area contributed by atoms with Crippen molar-refractivity contribution in [3.8, 4) is 10.6 Å². The van der Waals surface area contributed by atoms with E-state index >= 15 is 0 Å². The third-order valence-corrected chi connectivity index (χ3v) is 3.90. The molecule has 0 aliphatic carbocycles. The first-order valence-corrected chi connectivity index (χ1v) is 6.89. The van der Waals surface area contributed by atoms with Gasteiger partial charge < -0.3 is 14.8 Å². The molecule has 2 aromatic heterocycles. The maximum atomic E-state index is 12.0. The minimum atomic E-state index is -0.223.